The van der Waals surface area contributed by atoms with Gasteiger partial charge in [0, 0.05) is 44.5 Å². The van der Waals surface area contributed by atoms with Gasteiger partial charge in [-0.2, -0.15) is 0 Å². The second-order valence-electron chi connectivity index (χ2n) is 10.8. The van der Waals surface area contributed by atoms with Crippen LogP contribution in [0.25, 0.3) is 0 Å². The number of thioether (sulfide) groups is 1. The summed E-state index contributed by atoms with van der Waals surface area (Å²) in [5.41, 5.74) is 0.771. The van der Waals surface area contributed by atoms with Crippen LogP contribution in [0.5, 0.6) is 0 Å². The van der Waals surface area contributed by atoms with E-state index in [1.807, 2.05) is 13.0 Å². The molecule has 8 amide bonds. The Morgan fingerprint density at radius 2 is 1.29 bits per heavy atom. The molecule has 0 saturated heterocycles. The molecule has 0 fully saturated rings. The van der Waals surface area contributed by atoms with Gasteiger partial charge in [-0.15, -0.1) is 11.8 Å². The molecule has 1 aliphatic heterocycles. The van der Waals surface area contributed by atoms with Gasteiger partial charge in [0.1, 0.15) is 6.04 Å². The zero-order valence-corrected chi connectivity index (χ0v) is 28.0. The third-order valence-corrected chi connectivity index (χ3v) is 7.80. The zero-order chi connectivity index (χ0) is 35.1. The Morgan fingerprint density at radius 3 is 2.00 bits per heavy atom. The average molecular weight is 688 g/mol. The Bertz CT molecular complexity index is 1290. The van der Waals surface area contributed by atoms with Crippen LogP contribution in [0.15, 0.2) is 42.5 Å². The van der Waals surface area contributed by atoms with E-state index in [0.29, 0.717) is 50.3 Å². The van der Waals surface area contributed by atoms with Crippen LogP contribution in [0.2, 0.25) is 0 Å². The molecule has 0 aliphatic carbocycles. The van der Waals surface area contributed by atoms with E-state index in [4.69, 9.17) is 0 Å². The van der Waals surface area contributed by atoms with Crippen LogP contribution in [-0.2, 0) is 44.8 Å². The minimum absolute atomic E-state index is 0.0132. The number of unbranched alkanes of at least 4 members (excludes halogenated alkanes) is 2. The predicted molar refractivity (Wildman–Crippen MR) is 179 cm³/mol. The minimum Gasteiger partial charge on any atom is -0.356 e. The summed E-state index contributed by atoms with van der Waals surface area (Å²) in [4.78, 5) is 97.7. The number of imide groups is 1. The topological polar surface area (TPSA) is 212 Å². The Labute approximate surface area is 284 Å². The molecule has 6 N–H and O–H groups in total. The summed E-state index contributed by atoms with van der Waals surface area (Å²) in [5.74, 6) is -2.28. The maximum Gasteiger partial charge on any atom is 0.253 e. The lowest BCUT2D eigenvalue weighted by Gasteiger charge is -2.19. The van der Waals surface area contributed by atoms with Gasteiger partial charge in [-0.1, -0.05) is 36.8 Å². The van der Waals surface area contributed by atoms with Crippen LogP contribution in [-0.4, -0.2) is 103 Å². The highest BCUT2D eigenvalue weighted by Gasteiger charge is 2.23. The number of hydrogen-bond donors (Lipinski definition) is 6. The molecule has 1 aromatic carbocycles. The van der Waals surface area contributed by atoms with Gasteiger partial charge in [0.25, 0.3) is 11.8 Å². The van der Waals surface area contributed by atoms with E-state index in [9.17, 15) is 38.4 Å². The van der Waals surface area contributed by atoms with Crippen molar-refractivity contribution in [1.82, 2.24) is 36.8 Å². The Hall–Kier alpha value is -4.73. The number of amides is 8. The summed E-state index contributed by atoms with van der Waals surface area (Å²) in [7, 11) is 0. The lowest BCUT2D eigenvalue weighted by atomic mass is 10.1. The van der Waals surface area contributed by atoms with E-state index in [2.05, 4.69) is 31.9 Å². The molecule has 0 unspecified atom stereocenters. The Balaban J connectivity index is 1.67. The summed E-state index contributed by atoms with van der Waals surface area (Å²) < 4.78 is 0. The van der Waals surface area contributed by atoms with Gasteiger partial charge in [0.15, 0.2) is 0 Å². The number of rotatable bonds is 23. The molecule has 0 saturated carbocycles. The molecule has 0 aromatic heterocycles. The van der Waals surface area contributed by atoms with E-state index in [1.165, 1.54) is 23.9 Å². The molecule has 0 radical (unpaired) electrons. The van der Waals surface area contributed by atoms with E-state index in [1.54, 1.807) is 24.3 Å². The van der Waals surface area contributed by atoms with Crippen molar-refractivity contribution in [2.24, 2.45) is 0 Å². The van der Waals surface area contributed by atoms with Crippen molar-refractivity contribution in [2.45, 2.75) is 57.9 Å². The second-order valence-corrected chi connectivity index (χ2v) is 11.9. The molecule has 1 aliphatic rings. The fraction of sp³-hybridized carbons (Fsp3) is 0.500. The van der Waals surface area contributed by atoms with Gasteiger partial charge < -0.3 is 31.9 Å². The van der Waals surface area contributed by atoms with E-state index < -0.39 is 36.2 Å². The predicted octanol–water partition coefficient (Wildman–Crippen LogP) is -0.729. The fourth-order valence-corrected chi connectivity index (χ4v) is 5.13. The standard InChI is InChI=1S/C32H45N7O8S/c1-2-33-25(40)13-9-17-48-22-37-28(43)20-36-32(47)24(18-23-10-5-3-6-11-23)38-29(44)21-35-27(42)19-34-26(41)12-7-4-8-16-39-30(45)14-15-31(39)46/h3,5-6,10-11,14-15,24H,2,4,7-9,12-13,16-22H2,1H3,(H,33,40)(H,34,41)(H,35,42)(H,36,47)(H,37,43)(H,38,44)/t24-/m0/s1. The maximum absolute atomic E-state index is 12.9. The zero-order valence-electron chi connectivity index (χ0n) is 27.1. The van der Waals surface area contributed by atoms with Crippen molar-refractivity contribution in [2.75, 3.05) is 44.4 Å². The average Bonchev–Trinajstić information content (AvgIpc) is 3.39. The molecule has 15 nitrogen and oxygen atoms in total. The van der Waals surface area contributed by atoms with Crippen LogP contribution < -0.4 is 31.9 Å². The Morgan fingerprint density at radius 1 is 0.688 bits per heavy atom. The molecule has 0 spiro atoms. The largest absolute Gasteiger partial charge is 0.356 e. The lowest BCUT2D eigenvalue weighted by Crippen LogP contribution is -2.52. The fourth-order valence-electron chi connectivity index (χ4n) is 4.37. The minimum atomic E-state index is -1.02. The molecule has 48 heavy (non-hydrogen) atoms. The van der Waals surface area contributed by atoms with Crippen molar-refractivity contribution < 1.29 is 38.4 Å². The highest BCUT2D eigenvalue weighted by atomic mass is 32.2. The lowest BCUT2D eigenvalue weighted by molar-refractivity contribution is -0.137. The highest BCUT2D eigenvalue weighted by Crippen LogP contribution is 2.08. The van der Waals surface area contributed by atoms with Crippen molar-refractivity contribution in [1.29, 1.82) is 0 Å². The maximum atomic E-state index is 12.9. The van der Waals surface area contributed by atoms with Gasteiger partial charge in [0.05, 0.1) is 25.5 Å². The molecule has 16 heteroatoms. The van der Waals surface area contributed by atoms with E-state index in [0.717, 1.165) is 10.5 Å². The smallest absolute Gasteiger partial charge is 0.253 e. The van der Waals surface area contributed by atoms with Gasteiger partial charge in [-0.25, -0.2) is 0 Å². The Kier molecular flexibility index (Phi) is 18.7. The number of hydrogen-bond acceptors (Lipinski definition) is 9. The number of nitrogens with one attached hydrogen (secondary N) is 6. The SMILES string of the molecule is CCNC(=O)CCCSCNC(=O)CNC(=O)[C@H](Cc1ccccc1)NC(=O)CNC(=O)CNC(=O)CCCCCN1C(=O)C=CC1=O. The van der Waals surface area contributed by atoms with Crippen LogP contribution in [0.1, 0.15) is 51.0 Å². The molecule has 2 rings (SSSR count). The van der Waals surface area contributed by atoms with Crippen molar-refractivity contribution in [3.05, 3.63) is 48.0 Å². The van der Waals surface area contributed by atoms with Crippen LogP contribution in [0, 0.1) is 0 Å². The summed E-state index contributed by atoms with van der Waals surface area (Å²) >= 11 is 1.45. The third-order valence-electron chi connectivity index (χ3n) is 6.87. The summed E-state index contributed by atoms with van der Waals surface area (Å²) in [6.45, 7) is 1.64. The van der Waals surface area contributed by atoms with Gasteiger partial charge >= 0.3 is 0 Å². The van der Waals surface area contributed by atoms with Crippen molar-refractivity contribution >= 4 is 59.0 Å². The van der Waals surface area contributed by atoms with Crippen LogP contribution in [0.4, 0.5) is 0 Å². The number of nitrogens with zero attached hydrogens (tertiary/aromatic N) is 1. The van der Waals surface area contributed by atoms with Crippen LogP contribution in [0.3, 0.4) is 0 Å². The third kappa shape index (κ3) is 16.7. The summed E-state index contributed by atoms with van der Waals surface area (Å²) in [6.07, 6.45) is 5.50. The first-order valence-corrected chi connectivity index (χ1v) is 17.0. The quantitative estimate of drug-likeness (QED) is 0.0486. The van der Waals surface area contributed by atoms with Crippen LogP contribution >= 0.6 is 11.8 Å². The molecule has 1 aromatic rings. The molecule has 262 valence electrons. The first kappa shape index (κ1) is 39.4. The number of carbonyl (C=O) groups excluding carboxylic acids is 8. The highest BCUT2D eigenvalue weighted by molar-refractivity contribution is 7.99. The van der Waals surface area contributed by atoms with Crippen molar-refractivity contribution in [3.8, 4) is 0 Å². The van der Waals surface area contributed by atoms with Crippen molar-refractivity contribution in [3.63, 3.8) is 0 Å². The normalized spacial score (nSPS) is 12.6. The van der Waals surface area contributed by atoms with Gasteiger partial charge in [-0.3, -0.25) is 43.3 Å². The number of benzene rings is 1. The first-order chi connectivity index (χ1) is 23.1. The summed E-state index contributed by atoms with van der Waals surface area (Å²) in [6, 6.07) is 7.95. The van der Waals surface area contributed by atoms with E-state index in [-0.39, 0.29) is 56.1 Å². The first-order valence-electron chi connectivity index (χ1n) is 15.9. The molecular weight excluding hydrogens is 642 g/mol. The molecular formula is C32H45N7O8S. The number of carbonyl (C=O) groups is 8. The monoisotopic (exact) mass is 687 g/mol. The molecule has 1 heterocycles. The van der Waals surface area contributed by atoms with Gasteiger partial charge in [0.2, 0.25) is 35.4 Å². The second kappa shape index (κ2) is 22.7. The van der Waals surface area contributed by atoms with E-state index >= 15 is 0 Å². The molecule has 1 atom stereocenters. The molecule has 0 bridgehead atoms. The van der Waals surface area contributed by atoms with Gasteiger partial charge in [-0.05, 0) is 37.5 Å². The summed E-state index contributed by atoms with van der Waals surface area (Å²) in [5, 5.41) is 15.4.